The van der Waals surface area contributed by atoms with E-state index >= 15 is 0 Å². The third-order valence-corrected chi connectivity index (χ3v) is 2.02. The van der Waals surface area contributed by atoms with Gasteiger partial charge in [-0.05, 0) is 19.8 Å². The van der Waals surface area contributed by atoms with E-state index in [2.05, 4.69) is 20.4 Å². The van der Waals surface area contributed by atoms with E-state index in [1.54, 1.807) is 0 Å². The summed E-state index contributed by atoms with van der Waals surface area (Å²) < 4.78 is 5.29. The minimum Gasteiger partial charge on any atom is -0.423 e. The molecule has 0 bridgehead atoms. The Morgan fingerprint density at radius 3 is 2.27 bits per heavy atom. The van der Waals surface area contributed by atoms with E-state index in [-0.39, 0.29) is 5.60 Å². The van der Waals surface area contributed by atoms with Crippen LogP contribution in [0.5, 0.6) is 0 Å². The predicted molar refractivity (Wildman–Crippen MR) is 48.2 cm³/mol. The van der Waals surface area contributed by atoms with E-state index in [4.69, 9.17) is 9.68 Å². The molecule has 0 saturated heterocycles. The normalized spacial score (nSPS) is 11.8. The molecule has 0 aromatic heterocycles. The van der Waals surface area contributed by atoms with Gasteiger partial charge in [0.1, 0.15) is 0 Å². The summed E-state index contributed by atoms with van der Waals surface area (Å²) >= 11 is 0. The summed E-state index contributed by atoms with van der Waals surface area (Å²) in [6.07, 6.45) is 0. The van der Waals surface area contributed by atoms with Gasteiger partial charge in [0.2, 0.25) is 0 Å². The lowest BCUT2D eigenvalue weighted by Gasteiger charge is -2.30. The molecule has 0 heterocycles. The molecule has 0 fully saturated rings. The molecule has 0 radical (unpaired) electrons. The van der Waals surface area contributed by atoms with E-state index in [0.717, 1.165) is 0 Å². The minimum absolute atomic E-state index is 0.298. The van der Waals surface area contributed by atoms with Crippen molar-refractivity contribution < 1.29 is 9.68 Å². The van der Waals surface area contributed by atoms with Crippen molar-refractivity contribution in [1.29, 1.82) is 0 Å². The minimum atomic E-state index is -0.854. The van der Waals surface area contributed by atoms with Crippen LogP contribution in [0.15, 0.2) is 12.6 Å². The summed E-state index contributed by atoms with van der Waals surface area (Å²) in [7, 11) is -0.854. The molecule has 1 N–H and O–H groups in total. The maximum absolute atomic E-state index is 9.10. The SMILES string of the molecule is C=CB(O)OC(C)(C)C(C)C. The fourth-order valence-corrected chi connectivity index (χ4v) is 0.495. The number of rotatable bonds is 4. The second-order valence-electron chi connectivity index (χ2n) is 3.50. The monoisotopic (exact) mass is 156 g/mol. The van der Waals surface area contributed by atoms with Crippen molar-refractivity contribution >= 4 is 7.12 Å². The molecule has 0 rings (SSSR count). The van der Waals surface area contributed by atoms with Crippen molar-refractivity contribution in [2.45, 2.75) is 33.3 Å². The molecule has 0 atom stereocenters. The van der Waals surface area contributed by atoms with Gasteiger partial charge in [-0.2, -0.15) is 0 Å². The fraction of sp³-hybridized carbons (Fsp3) is 0.750. The van der Waals surface area contributed by atoms with E-state index < -0.39 is 7.12 Å². The highest BCUT2D eigenvalue weighted by atomic mass is 16.5. The summed E-state index contributed by atoms with van der Waals surface area (Å²) in [4.78, 5) is 0. The summed E-state index contributed by atoms with van der Waals surface area (Å²) in [6.45, 7) is 11.4. The topological polar surface area (TPSA) is 29.5 Å². The van der Waals surface area contributed by atoms with Gasteiger partial charge in [0.25, 0.3) is 0 Å². The Morgan fingerprint density at radius 2 is 2.00 bits per heavy atom. The van der Waals surface area contributed by atoms with Crippen LogP contribution in [0.4, 0.5) is 0 Å². The zero-order valence-electron chi connectivity index (χ0n) is 7.79. The molecule has 0 aliphatic carbocycles. The molecule has 3 heteroatoms. The first-order valence-corrected chi connectivity index (χ1v) is 3.88. The molecule has 11 heavy (non-hydrogen) atoms. The Hall–Kier alpha value is -0.275. The molecular weight excluding hydrogens is 139 g/mol. The van der Waals surface area contributed by atoms with Crippen LogP contribution < -0.4 is 0 Å². The summed E-state index contributed by atoms with van der Waals surface area (Å²) in [5.41, 5.74) is -0.298. The van der Waals surface area contributed by atoms with E-state index in [9.17, 15) is 0 Å². The highest BCUT2D eigenvalue weighted by Crippen LogP contribution is 2.20. The summed E-state index contributed by atoms with van der Waals surface area (Å²) in [5, 5.41) is 9.10. The lowest BCUT2D eigenvalue weighted by Crippen LogP contribution is -2.37. The van der Waals surface area contributed by atoms with Gasteiger partial charge in [0.15, 0.2) is 0 Å². The first kappa shape index (κ1) is 10.7. The van der Waals surface area contributed by atoms with Crippen molar-refractivity contribution in [1.82, 2.24) is 0 Å². The lowest BCUT2D eigenvalue weighted by molar-refractivity contribution is 0.0419. The summed E-state index contributed by atoms with van der Waals surface area (Å²) in [6, 6.07) is 0. The van der Waals surface area contributed by atoms with Crippen LogP contribution in [0, 0.1) is 5.92 Å². The fourth-order valence-electron chi connectivity index (χ4n) is 0.495. The molecule has 0 aromatic rings. The molecule has 2 nitrogen and oxygen atoms in total. The van der Waals surface area contributed by atoms with Gasteiger partial charge < -0.3 is 9.68 Å². The van der Waals surface area contributed by atoms with E-state index in [0.29, 0.717) is 5.92 Å². The van der Waals surface area contributed by atoms with Crippen LogP contribution in [-0.2, 0) is 4.65 Å². The molecule has 0 saturated carbocycles. The van der Waals surface area contributed by atoms with E-state index in [1.165, 1.54) is 5.98 Å². The number of hydrogen-bond donors (Lipinski definition) is 1. The van der Waals surface area contributed by atoms with Crippen molar-refractivity contribution in [3.63, 3.8) is 0 Å². The maximum Gasteiger partial charge on any atom is 0.483 e. The van der Waals surface area contributed by atoms with Crippen molar-refractivity contribution in [2.75, 3.05) is 0 Å². The van der Waals surface area contributed by atoms with Crippen LogP contribution in [0.1, 0.15) is 27.7 Å². The van der Waals surface area contributed by atoms with Crippen LogP contribution >= 0.6 is 0 Å². The lowest BCUT2D eigenvalue weighted by atomic mass is 9.86. The highest BCUT2D eigenvalue weighted by molar-refractivity contribution is 6.49. The highest BCUT2D eigenvalue weighted by Gasteiger charge is 2.26. The second kappa shape index (κ2) is 3.93. The quantitative estimate of drug-likeness (QED) is 0.627. The average molecular weight is 156 g/mol. The van der Waals surface area contributed by atoms with Gasteiger partial charge in [-0.3, -0.25) is 0 Å². The van der Waals surface area contributed by atoms with Crippen LogP contribution in [-0.4, -0.2) is 17.7 Å². The molecule has 0 aliphatic rings. The van der Waals surface area contributed by atoms with Gasteiger partial charge in [0, 0.05) is 0 Å². The maximum atomic E-state index is 9.10. The van der Waals surface area contributed by atoms with Crippen molar-refractivity contribution in [2.24, 2.45) is 5.92 Å². The Kier molecular flexibility index (Phi) is 3.83. The average Bonchev–Trinajstić information content (AvgIpc) is 1.86. The molecule has 0 aliphatic heterocycles. The third-order valence-electron chi connectivity index (χ3n) is 2.02. The van der Waals surface area contributed by atoms with Gasteiger partial charge in [-0.25, -0.2) is 0 Å². The first-order chi connectivity index (χ1) is 4.90. The molecular formula is C8H17BO2. The van der Waals surface area contributed by atoms with Crippen LogP contribution in [0.25, 0.3) is 0 Å². The van der Waals surface area contributed by atoms with Crippen molar-refractivity contribution in [3.8, 4) is 0 Å². The largest absolute Gasteiger partial charge is 0.483 e. The molecule has 64 valence electrons. The Labute approximate surface area is 69.4 Å². The second-order valence-corrected chi connectivity index (χ2v) is 3.50. The van der Waals surface area contributed by atoms with Crippen LogP contribution in [0.2, 0.25) is 0 Å². The van der Waals surface area contributed by atoms with Crippen molar-refractivity contribution in [3.05, 3.63) is 12.6 Å². The molecule has 0 spiro atoms. The summed E-state index contributed by atoms with van der Waals surface area (Å²) in [5.74, 6) is 1.75. The van der Waals surface area contributed by atoms with Gasteiger partial charge in [-0.1, -0.05) is 19.8 Å². The smallest absolute Gasteiger partial charge is 0.423 e. The third kappa shape index (κ3) is 3.58. The number of hydrogen-bond acceptors (Lipinski definition) is 2. The van der Waals surface area contributed by atoms with Crippen LogP contribution in [0.3, 0.4) is 0 Å². The Bertz CT molecular complexity index is 132. The van der Waals surface area contributed by atoms with Gasteiger partial charge in [-0.15, -0.1) is 6.58 Å². The van der Waals surface area contributed by atoms with Gasteiger partial charge in [0.05, 0.1) is 5.60 Å². The molecule has 0 aromatic carbocycles. The standard InChI is InChI=1S/C8H17BO2/c1-6-9(10)11-8(4,5)7(2)3/h6-7,10H,1H2,2-5H3. The first-order valence-electron chi connectivity index (χ1n) is 3.88. The predicted octanol–water partition coefficient (Wildman–Crippen LogP) is 1.64. The zero-order chi connectivity index (χ0) is 9.07. The van der Waals surface area contributed by atoms with E-state index in [1.807, 2.05) is 13.8 Å². The van der Waals surface area contributed by atoms with Gasteiger partial charge >= 0.3 is 7.12 Å². The Balaban J connectivity index is 4.00. The Morgan fingerprint density at radius 1 is 1.55 bits per heavy atom. The zero-order valence-corrected chi connectivity index (χ0v) is 7.79. The molecule has 0 amide bonds. The molecule has 0 unspecified atom stereocenters.